The quantitative estimate of drug-likeness (QED) is 0.848. The van der Waals surface area contributed by atoms with Crippen molar-refractivity contribution in [2.24, 2.45) is 0 Å². The lowest BCUT2D eigenvalue weighted by Crippen LogP contribution is -2.36. The van der Waals surface area contributed by atoms with Gasteiger partial charge in [-0.15, -0.1) is 11.3 Å². The smallest absolute Gasteiger partial charge is 0.251 e. The summed E-state index contributed by atoms with van der Waals surface area (Å²) in [6.45, 7) is 6.77. The van der Waals surface area contributed by atoms with E-state index >= 15 is 0 Å². The zero-order chi connectivity index (χ0) is 14.8. The molecule has 0 aliphatic rings. The maximum absolute atomic E-state index is 12.3. The minimum absolute atomic E-state index is 0.0700. The molecule has 3 nitrogen and oxygen atoms in total. The SMILES string of the molecule is Cc1ccc(N)cc1C(=O)NCC(C)(C)c1cccs1. The second-order valence-corrected chi connectivity index (χ2v) is 6.57. The molecule has 0 saturated carbocycles. The minimum Gasteiger partial charge on any atom is -0.399 e. The number of hydrogen-bond donors (Lipinski definition) is 2. The predicted molar refractivity (Wildman–Crippen MR) is 85.3 cm³/mol. The van der Waals surface area contributed by atoms with Gasteiger partial charge in [0.1, 0.15) is 0 Å². The van der Waals surface area contributed by atoms with E-state index in [1.54, 1.807) is 17.4 Å². The molecule has 0 saturated heterocycles. The van der Waals surface area contributed by atoms with Gasteiger partial charge in [0.05, 0.1) is 0 Å². The summed E-state index contributed by atoms with van der Waals surface area (Å²) < 4.78 is 0. The minimum atomic E-state index is -0.0714. The summed E-state index contributed by atoms with van der Waals surface area (Å²) in [6.07, 6.45) is 0. The highest BCUT2D eigenvalue weighted by molar-refractivity contribution is 7.10. The van der Waals surface area contributed by atoms with Gasteiger partial charge >= 0.3 is 0 Å². The van der Waals surface area contributed by atoms with Crippen LogP contribution in [0.15, 0.2) is 35.7 Å². The van der Waals surface area contributed by atoms with Crippen LogP contribution in [-0.2, 0) is 5.41 Å². The second-order valence-electron chi connectivity index (χ2n) is 5.62. The van der Waals surface area contributed by atoms with Crippen LogP contribution in [0, 0.1) is 6.92 Å². The fourth-order valence-electron chi connectivity index (χ4n) is 2.03. The standard InChI is InChI=1S/C16H20N2OS/c1-11-6-7-12(17)9-13(11)15(19)18-10-16(2,3)14-5-4-8-20-14/h4-9H,10,17H2,1-3H3,(H,18,19). The third kappa shape index (κ3) is 3.20. The number of carbonyl (C=O) groups excluding carboxylic acids is 1. The number of hydrogen-bond acceptors (Lipinski definition) is 3. The van der Waals surface area contributed by atoms with E-state index in [-0.39, 0.29) is 11.3 Å². The number of carbonyl (C=O) groups is 1. The van der Waals surface area contributed by atoms with Gasteiger partial charge in [-0.2, -0.15) is 0 Å². The highest BCUT2D eigenvalue weighted by Gasteiger charge is 2.23. The first-order valence-electron chi connectivity index (χ1n) is 6.58. The lowest BCUT2D eigenvalue weighted by Gasteiger charge is -2.24. The van der Waals surface area contributed by atoms with Gasteiger partial charge in [-0.3, -0.25) is 4.79 Å². The number of thiophene rings is 1. The molecule has 0 unspecified atom stereocenters. The molecule has 20 heavy (non-hydrogen) atoms. The summed E-state index contributed by atoms with van der Waals surface area (Å²) in [5.41, 5.74) is 7.87. The molecular weight excluding hydrogens is 268 g/mol. The van der Waals surface area contributed by atoms with Crippen LogP contribution >= 0.6 is 11.3 Å². The lowest BCUT2D eigenvalue weighted by molar-refractivity contribution is 0.0945. The summed E-state index contributed by atoms with van der Waals surface area (Å²) in [5, 5.41) is 5.06. The van der Waals surface area contributed by atoms with Crippen LogP contribution in [0.4, 0.5) is 5.69 Å². The van der Waals surface area contributed by atoms with E-state index in [4.69, 9.17) is 5.73 Å². The third-order valence-corrected chi connectivity index (χ3v) is 4.62. The summed E-state index contributed by atoms with van der Waals surface area (Å²) >= 11 is 1.71. The molecule has 3 N–H and O–H groups in total. The first-order valence-corrected chi connectivity index (χ1v) is 7.46. The first-order chi connectivity index (χ1) is 9.40. The molecule has 0 spiro atoms. The molecule has 0 fully saturated rings. The average molecular weight is 288 g/mol. The molecule has 1 aromatic carbocycles. The highest BCUT2D eigenvalue weighted by Crippen LogP contribution is 2.26. The normalized spacial score (nSPS) is 11.3. The molecule has 0 atom stereocenters. The van der Waals surface area contributed by atoms with Gasteiger partial charge < -0.3 is 11.1 Å². The molecule has 0 radical (unpaired) electrons. The van der Waals surface area contributed by atoms with Crippen LogP contribution in [0.5, 0.6) is 0 Å². The average Bonchev–Trinajstić information content (AvgIpc) is 2.93. The Morgan fingerprint density at radius 2 is 2.10 bits per heavy atom. The van der Waals surface area contributed by atoms with Gasteiger partial charge in [0, 0.05) is 28.1 Å². The maximum atomic E-state index is 12.3. The fraction of sp³-hybridized carbons (Fsp3) is 0.312. The number of aryl methyl sites for hydroxylation is 1. The summed E-state index contributed by atoms with van der Waals surface area (Å²) in [6, 6.07) is 9.54. The highest BCUT2D eigenvalue weighted by atomic mass is 32.1. The molecular formula is C16H20N2OS. The van der Waals surface area contributed by atoms with Crippen LogP contribution < -0.4 is 11.1 Å². The van der Waals surface area contributed by atoms with E-state index in [0.29, 0.717) is 17.8 Å². The van der Waals surface area contributed by atoms with Gasteiger partial charge in [-0.05, 0) is 36.1 Å². The molecule has 1 aromatic heterocycles. The zero-order valence-corrected chi connectivity index (χ0v) is 12.9. The van der Waals surface area contributed by atoms with Crippen molar-refractivity contribution in [2.45, 2.75) is 26.2 Å². The van der Waals surface area contributed by atoms with Crippen molar-refractivity contribution >= 4 is 22.9 Å². The molecule has 0 bridgehead atoms. The predicted octanol–water partition coefficient (Wildman–Crippen LogP) is 3.35. The third-order valence-electron chi connectivity index (χ3n) is 3.39. The van der Waals surface area contributed by atoms with Gasteiger partial charge in [-0.1, -0.05) is 26.0 Å². The van der Waals surface area contributed by atoms with Crippen molar-refractivity contribution in [2.75, 3.05) is 12.3 Å². The van der Waals surface area contributed by atoms with Gasteiger partial charge in [-0.25, -0.2) is 0 Å². The lowest BCUT2D eigenvalue weighted by atomic mass is 9.91. The Labute approximate surface area is 123 Å². The molecule has 2 aromatic rings. The summed E-state index contributed by atoms with van der Waals surface area (Å²) in [7, 11) is 0. The van der Waals surface area contributed by atoms with Crippen molar-refractivity contribution in [3.8, 4) is 0 Å². The Balaban J connectivity index is 2.07. The number of nitrogens with two attached hydrogens (primary N) is 1. The van der Waals surface area contributed by atoms with Crippen molar-refractivity contribution < 1.29 is 4.79 Å². The van der Waals surface area contributed by atoms with Gasteiger partial charge in [0.2, 0.25) is 0 Å². The molecule has 4 heteroatoms. The number of rotatable bonds is 4. The van der Waals surface area contributed by atoms with Gasteiger partial charge in [0.15, 0.2) is 0 Å². The van der Waals surface area contributed by atoms with E-state index in [2.05, 4.69) is 30.6 Å². The van der Waals surface area contributed by atoms with Crippen LogP contribution in [0.2, 0.25) is 0 Å². The maximum Gasteiger partial charge on any atom is 0.251 e. The Kier molecular flexibility index (Phi) is 4.14. The van der Waals surface area contributed by atoms with E-state index < -0.39 is 0 Å². The second kappa shape index (κ2) is 5.67. The number of anilines is 1. The molecule has 2 rings (SSSR count). The number of nitrogens with one attached hydrogen (secondary N) is 1. The van der Waals surface area contributed by atoms with Crippen molar-refractivity contribution in [1.29, 1.82) is 0 Å². The first kappa shape index (κ1) is 14.6. The molecule has 1 amide bonds. The van der Waals surface area contributed by atoms with Crippen LogP contribution in [0.3, 0.4) is 0 Å². The van der Waals surface area contributed by atoms with E-state index in [1.165, 1.54) is 4.88 Å². The molecule has 106 valence electrons. The monoisotopic (exact) mass is 288 g/mol. The molecule has 0 aliphatic heterocycles. The molecule has 1 heterocycles. The van der Waals surface area contributed by atoms with Crippen LogP contribution in [0.1, 0.15) is 34.6 Å². The van der Waals surface area contributed by atoms with Crippen LogP contribution in [0.25, 0.3) is 0 Å². The van der Waals surface area contributed by atoms with Crippen molar-refractivity contribution in [3.05, 3.63) is 51.7 Å². The largest absolute Gasteiger partial charge is 0.399 e. The van der Waals surface area contributed by atoms with Crippen molar-refractivity contribution in [1.82, 2.24) is 5.32 Å². The van der Waals surface area contributed by atoms with Gasteiger partial charge in [0.25, 0.3) is 5.91 Å². The summed E-state index contributed by atoms with van der Waals surface area (Å²) in [4.78, 5) is 13.5. The van der Waals surface area contributed by atoms with E-state index in [0.717, 1.165) is 5.56 Å². The number of amides is 1. The summed E-state index contributed by atoms with van der Waals surface area (Å²) in [5.74, 6) is -0.0700. The Morgan fingerprint density at radius 1 is 1.35 bits per heavy atom. The Hall–Kier alpha value is -1.81. The topological polar surface area (TPSA) is 55.1 Å². The van der Waals surface area contributed by atoms with Crippen molar-refractivity contribution in [3.63, 3.8) is 0 Å². The fourth-order valence-corrected chi connectivity index (χ4v) is 2.88. The Morgan fingerprint density at radius 3 is 2.75 bits per heavy atom. The molecule has 0 aliphatic carbocycles. The Bertz CT molecular complexity index is 603. The number of benzene rings is 1. The number of nitrogen functional groups attached to an aromatic ring is 1. The van der Waals surface area contributed by atoms with Crippen LogP contribution in [-0.4, -0.2) is 12.5 Å². The van der Waals surface area contributed by atoms with E-state index in [1.807, 2.05) is 25.1 Å². The van der Waals surface area contributed by atoms with E-state index in [9.17, 15) is 4.79 Å². The zero-order valence-electron chi connectivity index (χ0n) is 12.1.